The highest BCUT2D eigenvalue weighted by Gasteiger charge is 2.37. The van der Waals surface area contributed by atoms with Gasteiger partial charge in [0.15, 0.2) is 11.6 Å². The summed E-state index contributed by atoms with van der Waals surface area (Å²) < 4.78 is 25.4. The number of primary amides is 1. The standard InChI is InChI=1S/C22H28FN5O5/c1-4-17(26-22(30)31)18(11-5-6-11)27-21-16(23)10-15(19(24)29)20(28-21)25-12-7-13(32-2)9-14(8-12)33-3/h7-11,17-18,26H,4-6H2,1-3H3,(H2,24,29)(H,30,31)(H2,25,27,28)/t17-,18-/m0/s1. The smallest absolute Gasteiger partial charge is 0.404 e. The second-order valence-electron chi connectivity index (χ2n) is 7.78. The predicted octanol–water partition coefficient (Wildman–Crippen LogP) is 3.32. The lowest BCUT2D eigenvalue weighted by atomic mass is 10.0. The summed E-state index contributed by atoms with van der Waals surface area (Å²) in [5, 5.41) is 17.7. The van der Waals surface area contributed by atoms with E-state index in [0.717, 1.165) is 18.9 Å². The Kier molecular flexibility index (Phi) is 7.41. The van der Waals surface area contributed by atoms with Crippen LogP contribution in [0.2, 0.25) is 0 Å². The molecule has 1 heterocycles. The fraction of sp³-hybridized carbons (Fsp3) is 0.409. The maximum Gasteiger partial charge on any atom is 0.404 e. The number of amides is 2. The number of hydrogen-bond acceptors (Lipinski definition) is 7. The highest BCUT2D eigenvalue weighted by molar-refractivity contribution is 5.98. The molecule has 1 aromatic heterocycles. The molecule has 0 saturated heterocycles. The molecule has 0 aliphatic heterocycles. The number of pyridine rings is 1. The number of nitrogens with one attached hydrogen (secondary N) is 3. The fourth-order valence-electron chi connectivity index (χ4n) is 3.65. The van der Waals surface area contributed by atoms with Crippen molar-refractivity contribution in [1.82, 2.24) is 10.3 Å². The van der Waals surface area contributed by atoms with Gasteiger partial charge in [0, 0.05) is 23.9 Å². The van der Waals surface area contributed by atoms with Crippen LogP contribution < -0.4 is 31.2 Å². The molecule has 1 aromatic carbocycles. The lowest BCUT2D eigenvalue weighted by Gasteiger charge is -2.28. The Bertz CT molecular complexity index is 1010. The van der Waals surface area contributed by atoms with Crippen molar-refractivity contribution in [3.63, 3.8) is 0 Å². The van der Waals surface area contributed by atoms with Crippen LogP contribution in [0.1, 0.15) is 36.5 Å². The zero-order valence-corrected chi connectivity index (χ0v) is 18.6. The van der Waals surface area contributed by atoms with Gasteiger partial charge in [0.2, 0.25) is 0 Å². The summed E-state index contributed by atoms with van der Waals surface area (Å²) in [7, 11) is 3.00. The Morgan fingerprint density at radius 3 is 2.30 bits per heavy atom. The Labute approximate surface area is 190 Å². The molecule has 1 saturated carbocycles. The van der Waals surface area contributed by atoms with Gasteiger partial charge in [0.25, 0.3) is 5.91 Å². The molecule has 3 rings (SSSR count). The molecule has 178 valence electrons. The molecule has 2 aromatic rings. The van der Waals surface area contributed by atoms with Crippen LogP contribution in [0.25, 0.3) is 0 Å². The summed E-state index contributed by atoms with van der Waals surface area (Å²) in [5.41, 5.74) is 5.80. The first-order valence-electron chi connectivity index (χ1n) is 10.5. The number of benzene rings is 1. The van der Waals surface area contributed by atoms with Crippen LogP contribution in [0, 0.1) is 11.7 Å². The highest BCUT2D eigenvalue weighted by Crippen LogP contribution is 2.37. The van der Waals surface area contributed by atoms with Crippen molar-refractivity contribution in [2.75, 3.05) is 24.9 Å². The van der Waals surface area contributed by atoms with Gasteiger partial charge in [-0.3, -0.25) is 4.79 Å². The molecular weight excluding hydrogens is 433 g/mol. The number of nitrogens with two attached hydrogens (primary N) is 1. The zero-order chi connectivity index (χ0) is 24.1. The van der Waals surface area contributed by atoms with Crippen molar-refractivity contribution in [2.45, 2.75) is 38.3 Å². The molecule has 1 fully saturated rings. The minimum Gasteiger partial charge on any atom is -0.497 e. The molecule has 1 aliphatic rings. The van der Waals surface area contributed by atoms with Gasteiger partial charge < -0.3 is 36.3 Å². The van der Waals surface area contributed by atoms with Crippen molar-refractivity contribution in [3.8, 4) is 11.5 Å². The number of rotatable bonds is 11. The average molecular weight is 461 g/mol. The zero-order valence-electron chi connectivity index (χ0n) is 18.6. The molecule has 0 spiro atoms. The normalized spacial score (nSPS) is 14.7. The first-order valence-corrected chi connectivity index (χ1v) is 10.5. The van der Waals surface area contributed by atoms with Crippen molar-refractivity contribution < 1.29 is 28.6 Å². The molecule has 33 heavy (non-hydrogen) atoms. The predicted molar refractivity (Wildman–Crippen MR) is 121 cm³/mol. The summed E-state index contributed by atoms with van der Waals surface area (Å²) in [5.74, 6) is -0.528. The molecule has 10 nitrogen and oxygen atoms in total. The number of ether oxygens (including phenoxy) is 2. The minimum atomic E-state index is -1.15. The first kappa shape index (κ1) is 23.9. The number of carboxylic acid groups (broad SMARTS) is 1. The number of methoxy groups -OCH3 is 2. The largest absolute Gasteiger partial charge is 0.497 e. The van der Waals surface area contributed by atoms with Crippen LogP contribution in [0.4, 0.5) is 26.5 Å². The second-order valence-corrected chi connectivity index (χ2v) is 7.78. The van der Waals surface area contributed by atoms with Gasteiger partial charge in [-0.1, -0.05) is 6.92 Å². The summed E-state index contributed by atoms with van der Waals surface area (Å²) in [6.07, 6.45) is 1.15. The first-order chi connectivity index (χ1) is 15.7. The van der Waals surface area contributed by atoms with E-state index < -0.39 is 23.9 Å². The lowest BCUT2D eigenvalue weighted by molar-refractivity contribution is 0.1000. The summed E-state index contributed by atoms with van der Waals surface area (Å²) >= 11 is 0. The van der Waals surface area contributed by atoms with E-state index in [1.807, 2.05) is 6.92 Å². The lowest BCUT2D eigenvalue weighted by Crippen LogP contribution is -2.47. The Morgan fingerprint density at radius 2 is 1.82 bits per heavy atom. The molecule has 2 amide bonds. The van der Waals surface area contributed by atoms with E-state index in [-0.39, 0.29) is 29.2 Å². The summed E-state index contributed by atoms with van der Waals surface area (Å²) in [4.78, 5) is 27.5. The van der Waals surface area contributed by atoms with Crippen LogP contribution in [-0.4, -0.2) is 48.4 Å². The number of aromatic nitrogens is 1. The van der Waals surface area contributed by atoms with E-state index in [1.165, 1.54) is 14.2 Å². The average Bonchev–Trinajstić information content (AvgIpc) is 3.62. The molecule has 0 bridgehead atoms. The number of hydrogen-bond donors (Lipinski definition) is 5. The van der Waals surface area contributed by atoms with Gasteiger partial charge >= 0.3 is 6.09 Å². The van der Waals surface area contributed by atoms with Gasteiger partial charge in [0.05, 0.1) is 31.9 Å². The topological polar surface area (TPSA) is 148 Å². The van der Waals surface area contributed by atoms with Gasteiger partial charge in [-0.25, -0.2) is 14.2 Å². The molecular formula is C22H28FN5O5. The number of halogens is 1. The number of carbonyl (C=O) groups is 2. The SMILES string of the molecule is CC[C@H](NC(=O)O)[C@@H](Nc1nc(Nc2cc(OC)cc(OC)c2)c(C(N)=O)cc1F)C1CC1. The number of anilines is 3. The van der Waals surface area contributed by atoms with Gasteiger partial charge in [-0.05, 0) is 31.2 Å². The van der Waals surface area contributed by atoms with E-state index in [0.29, 0.717) is 23.6 Å². The van der Waals surface area contributed by atoms with Crippen LogP contribution in [-0.2, 0) is 0 Å². The van der Waals surface area contributed by atoms with E-state index in [1.54, 1.807) is 18.2 Å². The highest BCUT2D eigenvalue weighted by atomic mass is 19.1. The van der Waals surface area contributed by atoms with Gasteiger partial charge in [-0.15, -0.1) is 0 Å². The minimum absolute atomic E-state index is 0.0375. The van der Waals surface area contributed by atoms with E-state index >= 15 is 0 Å². The van der Waals surface area contributed by atoms with Crippen molar-refractivity contribution in [2.24, 2.45) is 11.7 Å². The van der Waals surface area contributed by atoms with E-state index in [4.69, 9.17) is 20.3 Å². The van der Waals surface area contributed by atoms with Crippen LogP contribution in [0.5, 0.6) is 11.5 Å². The van der Waals surface area contributed by atoms with Crippen molar-refractivity contribution in [3.05, 3.63) is 35.6 Å². The molecule has 0 unspecified atom stereocenters. The molecule has 6 N–H and O–H groups in total. The maximum atomic E-state index is 14.9. The number of carbonyl (C=O) groups excluding carboxylic acids is 1. The third kappa shape index (κ3) is 5.93. The van der Waals surface area contributed by atoms with Gasteiger partial charge in [0.1, 0.15) is 17.3 Å². The van der Waals surface area contributed by atoms with E-state index in [9.17, 15) is 14.0 Å². The molecule has 1 aliphatic carbocycles. The number of nitrogens with zero attached hydrogens (tertiary/aromatic N) is 1. The van der Waals surface area contributed by atoms with Crippen LogP contribution >= 0.6 is 0 Å². The Hall–Kier alpha value is -3.76. The quantitative estimate of drug-likeness (QED) is 0.342. The van der Waals surface area contributed by atoms with Crippen LogP contribution in [0.3, 0.4) is 0 Å². The fourth-order valence-corrected chi connectivity index (χ4v) is 3.65. The Morgan fingerprint density at radius 1 is 1.18 bits per heavy atom. The van der Waals surface area contributed by atoms with Crippen LogP contribution in [0.15, 0.2) is 24.3 Å². The summed E-state index contributed by atoms with van der Waals surface area (Å²) in [6.45, 7) is 1.85. The maximum absolute atomic E-state index is 14.9. The van der Waals surface area contributed by atoms with E-state index in [2.05, 4.69) is 20.9 Å². The molecule has 0 radical (unpaired) electrons. The third-order valence-electron chi connectivity index (χ3n) is 5.47. The monoisotopic (exact) mass is 461 g/mol. The molecule has 11 heteroatoms. The summed E-state index contributed by atoms with van der Waals surface area (Å²) in [6, 6.07) is 5.19. The van der Waals surface area contributed by atoms with Crippen molar-refractivity contribution in [1.29, 1.82) is 0 Å². The Balaban J connectivity index is 1.96. The van der Waals surface area contributed by atoms with Crippen molar-refractivity contribution >= 4 is 29.3 Å². The molecule has 2 atom stereocenters. The second kappa shape index (κ2) is 10.2. The van der Waals surface area contributed by atoms with Gasteiger partial charge in [-0.2, -0.15) is 0 Å². The third-order valence-corrected chi connectivity index (χ3v) is 5.47.